The third-order valence-corrected chi connectivity index (χ3v) is 5.44. The van der Waals surface area contributed by atoms with Gasteiger partial charge in [-0.05, 0) is 29.2 Å². The predicted octanol–water partition coefficient (Wildman–Crippen LogP) is 2.94. The summed E-state index contributed by atoms with van der Waals surface area (Å²) >= 11 is 6.39. The first kappa shape index (κ1) is 18.4. The second-order valence-electron chi connectivity index (χ2n) is 5.78. The van der Waals surface area contributed by atoms with Crippen LogP contribution in [-0.2, 0) is 16.0 Å². The average Bonchev–Trinajstić information content (AvgIpc) is 2.91. The molecule has 26 heavy (non-hydrogen) atoms. The number of aliphatic carboxylic acids is 1. The number of thiocarbonyl (C=S) groups is 1. The van der Waals surface area contributed by atoms with E-state index in [2.05, 4.69) is 6.92 Å². The number of carboxylic acids is 1. The average molecular weight is 382 g/mol. The highest BCUT2D eigenvalue weighted by molar-refractivity contribution is 8.26. The lowest BCUT2D eigenvalue weighted by Crippen LogP contribution is -2.43. The van der Waals surface area contributed by atoms with Gasteiger partial charge in [0.2, 0.25) is 0 Å². The quantitative estimate of drug-likeness (QED) is 0.588. The van der Waals surface area contributed by atoms with Crippen LogP contribution in [0.15, 0.2) is 59.5 Å². The minimum Gasteiger partial charge on any atom is -0.547 e. The molecule has 1 atom stereocenters. The van der Waals surface area contributed by atoms with Gasteiger partial charge >= 0.3 is 0 Å². The molecule has 1 fully saturated rings. The molecule has 2 aromatic carbocycles. The SMILES string of the molecule is CCc1ccc(/C=C2/SC(=S)N([C@@H](C(=O)[O-])c3ccccc3)C2=O)cc1. The van der Waals surface area contributed by atoms with Gasteiger partial charge in [0, 0.05) is 0 Å². The van der Waals surface area contributed by atoms with E-state index in [1.165, 1.54) is 5.56 Å². The molecule has 0 bridgehead atoms. The molecular weight excluding hydrogens is 366 g/mol. The third-order valence-electron chi connectivity index (χ3n) is 4.11. The zero-order chi connectivity index (χ0) is 18.7. The van der Waals surface area contributed by atoms with Crippen molar-refractivity contribution in [1.82, 2.24) is 4.90 Å². The number of carbonyl (C=O) groups is 2. The molecule has 0 N–H and O–H groups in total. The zero-order valence-electron chi connectivity index (χ0n) is 14.0. The Balaban J connectivity index is 1.92. The Kier molecular flexibility index (Phi) is 5.54. The van der Waals surface area contributed by atoms with Crippen LogP contribution < -0.4 is 5.11 Å². The molecule has 1 aliphatic heterocycles. The number of hydrogen-bond donors (Lipinski definition) is 0. The number of rotatable bonds is 5. The van der Waals surface area contributed by atoms with E-state index < -0.39 is 17.9 Å². The third kappa shape index (κ3) is 3.71. The van der Waals surface area contributed by atoms with Gasteiger partial charge in [0.1, 0.15) is 10.4 Å². The lowest BCUT2D eigenvalue weighted by molar-refractivity contribution is -0.310. The van der Waals surface area contributed by atoms with Crippen molar-refractivity contribution in [2.75, 3.05) is 0 Å². The number of thioether (sulfide) groups is 1. The monoisotopic (exact) mass is 382 g/mol. The number of carboxylic acid groups (broad SMARTS) is 1. The Morgan fingerprint density at radius 2 is 1.85 bits per heavy atom. The first-order chi connectivity index (χ1) is 12.5. The number of benzene rings is 2. The van der Waals surface area contributed by atoms with Gasteiger partial charge in [-0.1, -0.05) is 85.5 Å². The zero-order valence-corrected chi connectivity index (χ0v) is 15.7. The molecule has 1 aliphatic rings. The molecule has 0 spiro atoms. The highest BCUT2D eigenvalue weighted by Gasteiger charge is 2.38. The highest BCUT2D eigenvalue weighted by Crippen LogP contribution is 2.38. The Labute approximate surface area is 161 Å². The number of aryl methyl sites for hydroxylation is 1. The molecule has 3 rings (SSSR count). The van der Waals surface area contributed by atoms with E-state index in [0.29, 0.717) is 10.5 Å². The van der Waals surface area contributed by atoms with Gasteiger partial charge in [0.15, 0.2) is 0 Å². The van der Waals surface area contributed by atoms with Crippen LogP contribution in [0.5, 0.6) is 0 Å². The summed E-state index contributed by atoms with van der Waals surface area (Å²) in [5.41, 5.74) is 2.53. The fourth-order valence-corrected chi connectivity index (χ4v) is 4.04. The van der Waals surface area contributed by atoms with Crippen LogP contribution in [0.4, 0.5) is 0 Å². The second-order valence-corrected chi connectivity index (χ2v) is 7.45. The molecule has 0 aromatic heterocycles. The molecule has 4 nitrogen and oxygen atoms in total. The van der Waals surface area contributed by atoms with E-state index in [4.69, 9.17) is 12.2 Å². The van der Waals surface area contributed by atoms with Gasteiger partial charge in [-0.25, -0.2) is 0 Å². The number of nitrogens with zero attached hydrogens (tertiary/aromatic N) is 1. The lowest BCUT2D eigenvalue weighted by atomic mass is 10.1. The van der Waals surface area contributed by atoms with Crippen molar-refractivity contribution in [2.45, 2.75) is 19.4 Å². The maximum atomic E-state index is 12.8. The van der Waals surface area contributed by atoms with Crippen molar-refractivity contribution < 1.29 is 14.7 Å². The molecule has 0 unspecified atom stereocenters. The molecule has 1 amide bonds. The van der Waals surface area contributed by atoms with Crippen molar-refractivity contribution in [3.8, 4) is 0 Å². The summed E-state index contributed by atoms with van der Waals surface area (Å²) in [7, 11) is 0. The molecule has 1 heterocycles. The minimum atomic E-state index is -1.36. The van der Waals surface area contributed by atoms with Crippen molar-refractivity contribution >= 4 is 46.3 Å². The number of carbonyl (C=O) groups excluding carboxylic acids is 2. The highest BCUT2D eigenvalue weighted by atomic mass is 32.2. The van der Waals surface area contributed by atoms with E-state index in [9.17, 15) is 14.7 Å². The van der Waals surface area contributed by atoms with Crippen LogP contribution in [0.25, 0.3) is 6.08 Å². The van der Waals surface area contributed by atoms with Gasteiger partial charge in [-0.15, -0.1) is 0 Å². The van der Waals surface area contributed by atoms with Gasteiger partial charge in [-0.2, -0.15) is 0 Å². The lowest BCUT2D eigenvalue weighted by Gasteiger charge is -2.27. The van der Waals surface area contributed by atoms with Crippen LogP contribution in [-0.4, -0.2) is 21.1 Å². The standard InChI is InChI=1S/C20H17NO3S2/c1-2-13-8-10-14(11-9-13)12-16-18(22)21(20(25)26-16)17(19(23)24)15-6-4-3-5-7-15/h3-12,17H,2H2,1H3,(H,23,24)/p-1/b16-12+/t17-/m1/s1. The molecule has 1 saturated heterocycles. The van der Waals surface area contributed by atoms with Crippen LogP contribution in [0.1, 0.15) is 29.7 Å². The predicted molar refractivity (Wildman–Crippen MR) is 105 cm³/mol. The van der Waals surface area contributed by atoms with E-state index in [1.54, 1.807) is 36.4 Å². The van der Waals surface area contributed by atoms with Crippen LogP contribution in [0.3, 0.4) is 0 Å². The summed E-state index contributed by atoms with van der Waals surface area (Å²) in [6.45, 7) is 2.07. The molecule has 0 saturated carbocycles. The summed E-state index contributed by atoms with van der Waals surface area (Å²) in [5.74, 6) is -1.78. The molecule has 6 heteroatoms. The largest absolute Gasteiger partial charge is 0.547 e. The maximum Gasteiger partial charge on any atom is 0.267 e. The topological polar surface area (TPSA) is 60.4 Å². The van der Waals surface area contributed by atoms with E-state index >= 15 is 0 Å². The number of hydrogen-bond acceptors (Lipinski definition) is 5. The van der Waals surface area contributed by atoms with Gasteiger partial charge in [0.05, 0.1) is 10.9 Å². The Hall–Kier alpha value is -2.44. The molecule has 132 valence electrons. The van der Waals surface area contributed by atoms with E-state index in [1.807, 2.05) is 24.3 Å². The summed E-state index contributed by atoms with van der Waals surface area (Å²) in [6, 6.07) is 15.1. The Morgan fingerprint density at radius 1 is 1.19 bits per heavy atom. The van der Waals surface area contributed by atoms with Gasteiger partial charge < -0.3 is 9.90 Å². The molecule has 0 radical (unpaired) electrons. The first-order valence-electron chi connectivity index (χ1n) is 8.13. The molecular formula is C20H16NO3S2-. The van der Waals surface area contributed by atoms with Gasteiger partial charge in [0.25, 0.3) is 5.91 Å². The minimum absolute atomic E-state index is 0.212. The van der Waals surface area contributed by atoms with Crippen LogP contribution in [0.2, 0.25) is 0 Å². The first-order valence-corrected chi connectivity index (χ1v) is 9.35. The fourth-order valence-electron chi connectivity index (χ4n) is 2.73. The van der Waals surface area contributed by atoms with E-state index in [0.717, 1.165) is 28.6 Å². The Morgan fingerprint density at radius 3 is 2.42 bits per heavy atom. The normalized spacial score (nSPS) is 17.0. The second kappa shape index (κ2) is 7.85. The maximum absolute atomic E-state index is 12.8. The van der Waals surface area contributed by atoms with Crippen molar-refractivity contribution in [2.24, 2.45) is 0 Å². The van der Waals surface area contributed by atoms with Crippen LogP contribution in [0, 0.1) is 0 Å². The molecule has 0 aliphatic carbocycles. The summed E-state index contributed by atoms with van der Waals surface area (Å²) < 4.78 is 0.212. The van der Waals surface area contributed by atoms with Crippen LogP contribution >= 0.6 is 24.0 Å². The summed E-state index contributed by atoms with van der Waals surface area (Å²) in [4.78, 5) is 26.1. The smallest absolute Gasteiger partial charge is 0.267 e. The Bertz CT molecular complexity index is 876. The van der Waals surface area contributed by atoms with E-state index in [-0.39, 0.29) is 4.32 Å². The number of amides is 1. The van der Waals surface area contributed by atoms with Crippen molar-refractivity contribution in [1.29, 1.82) is 0 Å². The van der Waals surface area contributed by atoms with Crippen molar-refractivity contribution in [3.05, 3.63) is 76.2 Å². The summed E-state index contributed by atoms with van der Waals surface area (Å²) in [5, 5.41) is 11.7. The molecule has 2 aromatic rings. The summed E-state index contributed by atoms with van der Waals surface area (Å²) in [6.07, 6.45) is 2.67. The fraction of sp³-hybridized carbons (Fsp3) is 0.150. The van der Waals surface area contributed by atoms with Crippen molar-refractivity contribution in [3.63, 3.8) is 0 Å². The van der Waals surface area contributed by atoms with Gasteiger partial charge in [-0.3, -0.25) is 9.69 Å².